The SMILES string of the molecule is C[C@H](NC(=O)c1scc2c1OCCO2)C1=CCCCC1. The number of amides is 1. The fraction of sp³-hybridized carbons (Fsp3) is 0.533. The van der Waals surface area contributed by atoms with E-state index in [0.717, 1.165) is 12.8 Å². The van der Waals surface area contributed by atoms with E-state index in [-0.39, 0.29) is 11.9 Å². The van der Waals surface area contributed by atoms with E-state index in [9.17, 15) is 4.79 Å². The van der Waals surface area contributed by atoms with Crippen molar-refractivity contribution in [2.75, 3.05) is 13.2 Å². The van der Waals surface area contributed by atoms with Crippen LogP contribution in [0.2, 0.25) is 0 Å². The molecule has 1 aliphatic heterocycles. The third-order valence-electron chi connectivity index (χ3n) is 3.74. The summed E-state index contributed by atoms with van der Waals surface area (Å²) in [5, 5.41) is 4.91. The molecular formula is C15H19NO3S. The number of hydrogen-bond acceptors (Lipinski definition) is 4. The average molecular weight is 293 g/mol. The zero-order valence-corrected chi connectivity index (χ0v) is 12.4. The van der Waals surface area contributed by atoms with E-state index in [1.54, 1.807) is 0 Å². The molecule has 0 fully saturated rings. The van der Waals surface area contributed by atoms with E-state index in [0.29, 0.717) is 29.6 Å². The van der Waals surface area contributed by atoms with Gasteiger partial charge in [-0.25, -0.2) is 0 Å². The van der Waals surface area contributed by atoms with Gasteiger partial charge in [0, 0.05) is 11.4 Å². The number of allylic oxidation sites excluding steroid dienone is 1. The van der Waals surface area contributed by atoms with Crippen molar-refractivity contribution in [3.8, 4) is 11.5 Å². The molecule has 1 amide bonds. The van der Waals surface area contributed by atoms with Crippen LogP contribution in [0.1, 0.15) is 42.3 Å². The lowest BCUT2D eigenvalue weighted by atomic mass is 9.95. The van der Waals surface area contributed by atoms with Crippen LogP contribution in [0.5, 0.6) is 11.5 Å². The molecule has 1 aromatic rings. The summed E-state index contributed by atoms with van der Waals surface area (Å²) >= 11 is 1.38. The Morgan fingerprint density at radius 2 is 2.20 bits per heavy atom. The van der Waals surface area contributed by atoms with E-state index >= 15 is 0 Å². The van der Waals surface area contributed by atoms with Crippen molar-refractivity contribution in [2.24, 2.45) is 0 Å². The summed E-state index contributed by atoms with van der Waals surface area (Å²) in [4.78, 5) is 13.0. The highest BCUT2D eigenvalue weighted by atomic mass is 32.1. The van der Waals surface area contributed by atoms with E-state index in [4.69, 9.17) is 9.47 Å². The number of carbonyl (C=O) groups excluding carboxylic acids is 1. The third kappa shape index (κ3) is 2.68. The minimum atomic E-state index is -0.0688. The molecule has 4 nitrogen and oxygen atoms in total. The highest BCUT2D eigenvalue weighted by Crippen LogP contribution is 2.39. The molecule has 5 heteroatoms. The Kier molecular flexibility index (Phi) is 3.96. The predicted octanol–water partition coefficient (Wildman–Crippen LogP) is 3.14. The zero-order chi connectivity index (χ0) is 13.9. The first-order chi connectivity index (χ1) is 9.75. The maximum Gasteiger partial charge on any atom is 0.265 e. The summed E-state index contributed by atoms with van der Waals surface area (Å²) in [5.74, 6) is 1.22. The second-order valence-electron chi connectivity index (χ2n) is 5.18. The molecule has 1 aliphatic carbocycles. The molecule has 0 saturated heterocycles. The summed E-state index contributed by atoms with van der Waals surface area (Å²) in [5.41, 5.74) is 1.34. The van der Waals surface area contributed by atoms with Gasteiger partial charge >= 0.3 is 0 Å². The lowest BCUT2D eigenvalue weighted by molar-refractivity contribution is 0.0939. The topological polar surface area (TPSA) is 47.6 Å². The monoisotopic (exact) mass is 293 g/mol. The van der Waals surface area contributed by atoms with Crippen LogP contribution in [0, 0.1) is 0 Å². The number of hydrogen-bond donors (Lipinski definition) is 1. The second-order valence-corrected chi connectivity index (χ2v) is 6.05. The summed E-state index contributed by atoms with van der Waals surface area (Å²) in [7, 11) is 0. The van der Waals surface area contributed by atoms with E-state index in [2.05, 4.69) is 11.4 Å². The number of thiophene rings is 1. The minimum Gasteiger partial charge on any atom is -0.485 e. The van der Waals surface area contributed by atoms with Gasteiger partial charge in [-0.05, 0) is 32.6 Å². The van der Waals surface area contributed by atoms with Crippen LogP contribution < -0.4 is 14.8 Å². The van der Waals surface area contributed by atoms with Gasteiger partial charge in [0.2, 0.25) is 0 Å². The number of nitrogens with one attached hydrogen (secondary N) is 1. The van der Waals surface area contributed by atoms with Crippen LogP contribution in [0.3, 0.4) is 0 Å². The maximum absolute atomic E-state index is 12.4. The Hall–Kier alpha value is -1.49. The van der Waals surface area contributed by atoms with Crippen molar-refractivity contribution >= 4 is 17.2 Å². The molecule has 0 spiro atoms. The van der Waals surface area contributed by atoms with E-state index in [1.807, 2.05) is 12.3 Å². The number of ether oxygens (including phenoxy) is 2. The normalized spacial score (nSPS) is 19.1. The zero-order valence-electron chi connectivity index (χ0n) is 11.6. The van der Waals surface area contributed by atoms with Gasteiger partial charge in [0.05, 0.1) is 0 Å². The van der Waals surface area contributed by atoms with E-state index in [1.165, 1.54) is 29.8 Å². The number of carbonyl (C=O) groups is 1. The lowest BCUT2D eigenvalue weighted by Crippen LogP contribution is -2.34. The van der Waals surface area contributed by atoms with Crippen LogP contribution in [-0.2, 0) is 0 Å². The Morgan fingerprint density at radius 3 is 3.00 bits per heavy atom. The van der Waals surface area contributed by atoms with Crippen LogP contribution in [-0.4, -0.2) is 25.2 Å². The molecule has 0 bridgehead atoms. The number of rotatable bonds is 3. The highest BCUT2D eigenvalue weighted by molar-refractivity contribution is 7.12. The smallest absolute Gasteiger partial charge is 0.265 e. The molecule has 3 rings (SSSR count). The molecule has 1 aromatic heterocycles. The van der Waals surface area contributed by atoms with Crippen LogP contribution >= 0.6 is 11.3 Å². The summed E-state index contributed by atoms with van der Waals surface area (Å²) in [6, 6.07) is 0.0880. The Balaban J connectivity index is 1.70. The first kappa shape index (κ1) is 13.5. The van der Waals surface area contributed by atoms with Gasteiger partial charge < -0.3 is 14.8 Å². The maximum atomic E-state index is 12.4. The minimum absolute atomic E-state index is 0.0688. The quantitative estimate of drug-likeness (QED) is 0.871. The molecule has 0 unspecified atom stereocenters. The van der Waals surface area contributed by atoms with Crippen molar-refractivity contribution in [3.63, 3.8) is 0 Å². The fourth-order valence-electron chi connectivity index (χ4n) is 2.63. The van der Waals surface area contributed by atoms with Gasteiger partial charge in [-0.15, -0.1) is 11.3 Å². The van der Waals surface area contributed by atoms with Crippen molar-refractivity contribution < 1.29 is 14.3 Å². The standard InChI is InChI=1S/C15H19NO3S/c1-10(11-5-3-2-4-6-11)16-15(17)14-13-12(9-20-14)18-7-8-19-13/h5,9-10H,2-4,6-8H2,1H3,(H,16,17)/t10-/m0/s1. The largest absolute Gasteiger partial charge is 0.485 e. The Bertz CT molecular complexity index is 535. The summed E-state index contributed by atoms with van der Waals surface area (Å²) in [6.07, 6.45) is 6.95. The van der Waals surface area contributed by atoms with Crippen LogP contribution in [0.4, 0.5) is 0 Å². The van der Waals surface area contributed by atoms with Crippen LogP contribution in [0.25, 0.3) is 0 Å². The molecule has 2 heterocycles. The van der Waals surface area contributed by atoms with E-state index < -0.39 is 0 Å². The van der Waals surface area contributed by atoms with Crippen molar-refractivity contribution in [1.29, 1.82) is 0 Å². The third-order valence-corrected chi connectivity index (χ3v) is 4.68. The van der Waals surface area contributed by atoms with Crippen molar-refractivity contribution in [1.82, 2.24) is 5.32 Å². The average Bonchev–Trinajstić information content (AvgIpc) is 2.92. The summed E-state index contributed by atoms with van der Waals surface area (Å²) in [6.45, 7) is 3.10. The summed E-state index contributed by atoms with van der Waals surface area (Å²) < 4.78 is 11.0. The van der Waals surface area contributed by atoms with Gasteiger partial charge in [0.25, 0.3) is 5.91 Å². The Labute approximate surface area is 122 Å². The molecule has 2 aliphatic rings. The van der Waals surface area contributed by atoms with Crippen molar-refractivity contribution in [2.45, 2.75) is 38.6 Å². The van der Waals surface area contributed by atoms with Gasteiger partial charge in [-0.2, -0.15) is 0 Å². The molecule has 1 N–H and O–H groups in total. The molecule has 20 heavy (non-hydrogen) atoms. The van der Waals surface area contributed by atoms with Crippen LogP contribution in [0.15, 0.2) is 17.0 Å². The fourth-order valence-corrected chi connectivity index (χ4v) is 3.46. The molecule has 1 atom stereocenters. The second kappa shape index (κ2) is 5.87. The van der Waals surface area contributed by atoms with Crippen molar-refractivity contribution in [3.05, 3.63) is 21.9 Å². The number of fused-ring (bicyclic) bond motifs is 1. The van der Waals surface area contributed by atoms with Gasteiger partial charge in [-0.3, -0.25) is 4.79 Å². The van der Waals surface area contributed by atoms with Gasteiger partial charge in [-0.1, -0.05) is 11.6 Å². The van der Waals surface area contributed by atoms with Gasteiger partial charge in [0.1, 0.15) is 18.1 Å². The first-order valence-electron chi connectivity index (χ1n) is 7.12. The lowest BCUT2D eigenvalue weighted by Gasteiger charge is -2.21. The molecule has 108 valence electrons. The first-order valence-corrected chi connectivity index (χ1v) is 8.00. The molecule has 0 saturated carbocycles. The molecule has 0 aromatic carbocycles. The highest BCUT2D eigenvalue weighted by Gasteiger charge is 2.25. The molecule has 0 radical (unpaired) electrons. The van der Waals surface area contributed by atoms with Gasteiger partial charge in [0.15, 0.2) is 11.5 Å². The molecular weight excluding hydrogens is 274 g/mol. The Morgan fingerprint density at radius 1 is 1.35 bits per heavy atom. The predicted molar refractivity (Wildman–Crippen MR) is 78.8 cm³/mol.